The smallest absolute Gasteiger partial charge is 0.442 e. The highest BCUT2D eigenvalue weighted by atomic mass is 19.4. The summed E-state index contributed by atoms with van der Waals surface area (Å²) in [5.74, 6) is -0.548. The quantitative estimate of drug-likeness (QED) is 0.565. The lowest BCUT2D eigenvalue weighted by Gasteiger charge is -2.34. The van der Waals surface area contributed by atoms with Gasteiger partial charge in [-0.2, -0.15) is 18.3 Å². The topological polar surface area (TPSA) is 111 Å². The van der Waals surface area contributed by atoms with Gasteiger partial charge in [0.05, 0.1) is 11.5 Å². The SMILES string of the molecule is CCOC(=O)N1CCN(C(=O)Cn2nc(C(F)(F)F)c([N+](=O)[O-])c2C)CC1. The fraction of sp³-hybridized carbons (Fsp3) is 0.643. The van der Waals surface area contributed by atoms with E-state index in [0.29, 0.717) is 4.68 Å². The number of nitrogens with zero attached hydrogens (tertiary/aromatic N) is 5. The lowest BCUT2D eigenvalue weighted by atomic mass is 10.3. The van der Waals surface area contributed by atoms with Crippen molar-refractivity contribution in [1.82, 2.24) is 19.6 Å². The van der Waals surface area contributed by atoms with E-state index in [0.717, 1.165) is 6.92 Å². The van der Waals surface area contributed by atoms with Gasteiger partial charge in [0, 0.05) is 26.2 Å². The van der Waals surface area contributed by atoms with Crippen molar-refractivity contribution in [3.8, 4) is 0 Å². The first-order valence-electron chi connectivity index (χ1n) is 8.04. The molecular weight excluding hydrogens is 375 g/mol. The molecule has 0 spiro atoms. The van der Waals surface area contributed by atoms with E-state index in [1.807, 2.05) is 0 Å². The Morgan fingerprint density at radius 3 is 2.22 bits per heavy atom. The van der Waals surface area contributed by atoms with Crippen LogP contribution in [0.3, 0.4) is 0 Å². The number of aromatic nitrogens is 2. The standard InChI is InChI=1S/C14H18F3N5O5/c1-3-27-13(24)20-6-4-19(5-7-20)10(23)8-21-9(2)11(22(25)26)12(18-21)14(15,16)17/h3-8H2,1-2H3. The zero-order chi connectivity index (χ0) is 20.4. The molecule has 2 heterocycles. The van der Waals surface area contributed by atoms with Crippen LogP contribution in [0.15, 0.2) is 0 Å². The number of carbonyl (C=O) groups is 2. The zero-order valence-electron chi connectivity index (χ0n) is 14.7. The molecule has 0 saturated carbocycles. The number of ether oxygens (including phenoxy) is 1. The molecule has 2 amide bonds. The number of amides is 2. The lowest BCUT2D eigenvalue weighted by Crippen LogP contribution is -2.51. The molecule has 1 aromatic heterocycles. The van der Waals surface area contributed by atoms with E-state index in [4.69, 9.17) is 4.74 Å². The summed E-state index contributed by atoms with van der Waals surface area (Å²) in [6, 6.07) is 0. The van der Waals surface area contributed by atoms with Crippen molar-refractivity contribution >= 4 is 17.7 Å². The molecule has 1 fully saturated rings. The lowest BCUT2D eigenvalue weighted by molar-refractivity contribution is -0.388. The van der Waals surface area contributed by atoms with Crippen molar-refractivity contribution in [2.75, 3.05) is 32.8 Å². The first-order valence-corrected chi connectivity index (χ1v) is 8.04. The number of rotatable bonds is 4. The van der Waals surface area contributed by atoms with Crippen molar-refractivity contribution in [2.24, 2.45) is 0 Å². The third-order valence-corrected chi connectivity index (χ3v) is 4.07. The van der Waals surface area contributed by atoms with E-state index in [1.54, 1.807) is 6.92 Å². The molecule has 0 aliphatic carbocycles. The van der Waals surface area contributed by atoms with Crippen LogP contribution in [0.5, 0.6) is 0 Å². The Morgan fingerprint density at radius 1 is 1.22 bits per heavy atom. The van der Waals surface area contributed by atoms with Crippen LogP contribution in [0.2, 0.25) is 0 Å². The van der Waals surface area contributed by atoms with Crippen LogP contribution in [0.25, 0.3) is 0 Å². The maximum atomic E-state index is 13.0. The van der Waals surface area contributed by atoms with Crippen molar-refractivity contribution in [1.29, 1.82) is 0 Å². The van der Waals surface area contributed by atoms with Gasteiger partial charge in [-0.3, -0.25) is 19.6 Å². The van der Waals surface area contributed by atoms with Crippen LogP contribution in [0, 0.1) is 17.0 Å². The predicted molar refractivity (Wildman–Crippen MR) is 83.8 cm³/mol. The third-order valence-electron chi connectivity index (χ3n) is 4.07. The highest BCUT2D eigenvalue weighted by molar-refractivity contribution is 5.76. The summed E-state index contributed by atoms with van der Waals surface area (Å²) in [6.07, 6.45) is -5.51. The monoisotopic (exact) mass is 393 g/mol. The molecule has 13 heteroatoms. The second kappa shape index (κ2) is 7.80. The van der Waals surface area contributed by atoms with E-state index >= 15 is 0 Å². The molecule has 27 heavy (non-hydrogen) atoms. The molecule has 0 N–H and O–H groups in total. The van der Waals surface area contributed by atoms with Crippen molar-refractivity contribution in [2.45, 2.75) is 26.6 Å². The average Bonchev–Trinajstić information content (AvgIpc) is 2.92. The summed E-state index contributed by atoms with van der Waals surface area (Å²) in [5, 5.41) is 14.2. The van der Waals surface area contributed by atoms with Gasteiger partial charge in [-0.1, -0.05) is 0 Å². The number of hydrogen-bond donors (Lipinski definition) is 0. The number of nitro groups is 1. The molecule has 0 aromatic carbocycles. The molecule has 1 aliphatic rings. The third kappa shape index (κ3) is 4.46. The van der Waals surface area contributed by atoms with Gasteiger partial charge in [0.1, 0.15) is 12.2 Å². The fourth-order valence-electron chi connectivity index (χ4n) is 2.68. The number of piperazine rings is 1. The van der Waals surface area contributed by atoms with Crippen LogP contribution in [0.1, 0.15) is 18.3 Å². The second-order valence-electron chi connectivity index (χ2n) is 5.76. The summed E-state index contributed by atoms with van der Waals surface area (Å²) < 4.78 is 44.4. The van der Waals surface area contributed by atoms with E-state index < -0.39 is 41.0 Å². The number of hydrogen-bond acceptors (Lipinski definition) is 6. The highest BCUT2D eigenvalue weighted by Gasteiger charge is 2.44. The summed E-state index contributed by atoms with van der Waals surface area (Å²) >= 11 is 0. The molecule has 1 aliphatic heterocycles. The van der Waals surface area contributed by atoms with E-state index in [1.165, 1.54) is 9.80 Å². The molecule has 0 atom stereocenters. The van der Waals surface area contributed by atoms with E-state index in [9.17, 15) is 32.9 Å². The van der Waals surface area contributed by atoms with Crippen molar-refractivity contribution in [3.05, 3.63) is 21.5 Å². The largest absolute Gasteiger partial charge is 0.450 e. The average molecular weight is 393 g/mol. The Hall–Kier alpha value is -2.86. The van der Waals surface area contributed by atoms with Gasteiger partial charge in [-0.05, 0) is 13.8 Å². The molecule has 1 aromatic rings. The van der Waals surface area contributed by atoms with Gasteiger partial charge in [0.25, 0.3) is 0 Å². The Morgan fingerprint density at radius 2 is 1.78 bits per heavy atom. The second-order valence-corrected chi connectivity index (χ2v) is 5.76. The van der Waals surface area contributed by atoms with E-state index in [2.05, 4.69) is 5.10 Å². The minimum Gasteiger partial charge on any atom is -0.450 e. The fourth-order valence-corrected chi connectivity index (χ4v) is 2.68. The van der Waals surface area contributed by atoms with Gasteiger partial charge in [0.2, 0.25) is 11.6 Å². The van der Waals surface area contributed by atoms with E-state index in [-0.39, 0.29) is 38.5 Å². The molecular formula is C14H18F3N5O5. The van der Waals surface area contributed by atoms with Gasteiger partial charge >= 0.3 is 18.0 Å². The summed E-state index contributed by atoms with van der Waals surface area (Å²) in [5.41, 5.74) is -3.15. The van der Waals surface area contributed by atoms with Crippen LogP contribution < -0.4 is 0 Å². The van der Waals surface area contributed by atoms with Crippen molar-refractivity contribution < 1.29 is 32.4 Å². The number of carbonyl (C=O) groups excluding carboxylic acids is 2. The number of alkyl halides is 3. The first kappa shape index (κ1) is 20.5. The summed E-state index contributed by atoms with van der Waals surface area (Å²) in [4.78, 5) is 36.5. The molecule has 0 bridgehead atoms. The molecule has 10 nitrogen and oxygen atoms in total. The van der Waals surface area contributed by atoms with Gasteiger partial charge in [-0.15, -0.1) is 0 Å². The Labute approximate surface area is 151 Å². The maximum absolute atomic E-state index is 13.0. The van der Waals surface area contributed by atoms with Crippen LogP contribution in [-0.4, -0.2) is 69.3 Å². The zero-order valence-corrected chi connectivity index (χ0v) is 14.7. The van der Waals surface area contributed by atoms with Crippen LogP contribution in [0.4, 0.5) is 23.7 Å². The molecule has 150 valence electrons. The van der Waals surface area contributed by atoms with Gasteiger partial charge in [0.15, 0.2) is 0 Å². The Kier molecular flexibility index (Phi) is 5.91. The number of halogens is 3. The van der Waals surface area contributed by atoms with Crippen molar-refractivity contribution in [3.63, 3.8) is 0 Å². The molecule has 1 saturated heterocycles. The van der Waals surface area contributed by atoms with Gasteiger partial charge in [-0.25, -0.2) is 4.79 Å². The molecule has 0 radical (unpaired) electrons. The normalized spacial score (nSPS) is 15.0. The Bertz CT molecular complexity index is 740. The first-order chi connectivity index (χ1) is 12.6. The minimum absolute atomic E-state index is 0.173. The van der Waals surface area contributed by atoms with Crippen LogP contribution >= 0.6 is 0 Å². The summed E-state index contributed by atoms with van der Waals surface area (Å²) in [6.45, 7) is 3.20. The highest BCUT2D eigenvalue weighted by Crippen LogP contribution is 2.36. The van der Waals surface area contributed by atoms with Gasteiger partial charge < -0.3 is 14.5 Å². The minimum atomic E-state index is -5.01. The Balaban J connectivity index is 2.09. The summed E-state index contributed by atoms with van der Waals surface area (Å²) in [7, 11) is 0. The molecule has 0 unspecified atom stereocenters. The molecule has 2 rings (SSSR count). The maximum Gasteiger partial charge on any atom is 0.442 e. The predicted octanol–water partition coefficient (Wildman–Crippen LogP) is 1.42. The van der Waals surface area contributed by atoms with Crippen LogP contribution in [-0.2, 0) is 22.3 Å².